The summed E-state index contributed by atoms with van der Waals surface area (Å²) in [5, 5.41) is 4.77. The first-order valence-electron chi connectivity index (χ1n) is 6.96. The van der Waals surface area contributed by atoms with Crippen molar-refractivity contribution in [1.82, 2.24) is 10.3 Å². The average molecular weight is 328 g/mol. The molecule has 0 bridgehead atoms. The quantitative estimate of drug-likeness (QED) is 0.797. The molecule has 0 saturated heterocycles. The van der Waals surface area contributed by atoms with E-state index >= 15 is 0 Å². The smallest absolute Gasteiger partial charge is 0.255 e. The fourth-order valence-corrected chi connectivity index (χ4v) is 2.93. The molecule has 0 saturated carbocycles. The minimum atomic E-state index is -0.243. The van der Waals surface area contributed by atoms with Gasteiger partial charge in [0.25, 0.3) is 5.91 Å². The number of thiophene rings is 1. The molecule has 0 atom stereocenters. The number of rotatable bonds is 4. The number of nitrogens with zero attached hydrogens (tertiary/aromatic N) is 1. The summed E-state index contributed by atoms with van der Waals surface area (Å²) < 4.78 is 16.0. The van der Waals surface area contributed by atoms with Gasteiger partial charge < -0.3 is 19.2 Å². The second-order valence-electron chi connectivity index (χ2n) is 4.84. The molecule has 4 rings (SSSR count). The van der Waals surface area contributed by atoms with Crippen LogP contribution in [0.15, 0.2) is 46.4 Å². The Bertz CT molecular complexity index is 842. The highest BCUT2D eigenvalue weighted by molar-refractivity contribution is 7.13. The Kier molecular flexibility index (Phi) is 3.47. The first-order chi connectivity index (χ1) is 11.3. The van der Waals surface area contributed by atoms with Crippen molar-refractivity contribution < 1.29 is 18.7 Å². The van der Waals surface area contributed by atoms with Crippen LogP contribution in [0.3, 0.4) is 0 Å². The third kappa shape index (κ3) is 2.66. The predicted octanol–water partition coefficient (Wildman–Crippen LogP) is 3.06. The van der Waals surface area contributed by atoms with Crippen LogP contribution in [0.4, 0.5) is 0 Å². The van der Waals surface area contributed by atoms with Crippen molar-refractivity contribution in [3.8, 4) is 22.3 Å². The topological polar surface area (TPSA) is 73.6 Å². The van der Waals surface area contributed by atoms with Crippen LogP contribution in [0.25, 0.3) is 10.8 Å². The molecule has 1 aliphatic heterocycles. The molecule has 0 radical (unpaired) electrons. The van der Waals surface area contributed by atoms with E-state index in [1.54, 1.807) is 35.8 Å². The maximum Gasteiger partial charge on any atom is 0.255 e. The highest BCUT2D eigenvalue weighted by Gasteiger charge is 2.21. The number of amides is 1. The van der Waals surface area contributed by atoms with Crippen LogP contribution in [-0.4, -0.2) is 17.7 Å². The van der Waals surface area contributed by atoms with Crippen LogP contribution >= 0.6 is 11.3 Å². The molecule has 0 unspecified atom stereocenters. The van der Waals surface area contributed by atoms with Crippen LogP contribution in [0.5, 0.6) is 11.5 Å². The normalized spacial score (nSPS) is 12.3. The van der Waals surface area contributed by atoms with E-state index in [2.05, 4.69) is 10.3 Å². The fraction of sp³-hybridized carbons (Fsp3) is 0.125. The Labute approximate surface area is 135 Å². The first-order valence-corrected chi connectivity index (χ1v) is 7.84. The van der Waals surface area contributed by atoms with Crippen LogP contribution in [0.1, 0.15) is 16.1 Å². The number of carbonyl (C=O) groups is 1. The first kappa shape index (κ1) is 13.8. The van der Waals surface area contributed by atoms with E-state index in [0.717, 1.165) is 4.88 Å². The van der Waals surface area contributed by atoms with Crippen LogP contribution in [0, 0.1) is 0 Å². The van der Waals surface area contributed by atoms with Crippen LogP contribution in [0.2, 0.25) is 0 Å². The highest BCUT2D eigenvalue weighted by Crippen LogP contribution is 2.35. The summed E-state index contributed by atoms with van der Waals surface area (Å²) in [5.74, 6) is 1.37. The van der Waals surface area contributed by atoms with Crippen molar-refractivity contribution >= 4 is 17.2 Å². The van der Waals surface area contributed by atoms with E-state index in [4.69, 9.17) is 13.9 Å². The Morgan fingerprint density at radius 2 is 2.22 bits per heavy atom. The third-order valence-corrected chi connectivity index (χ3v) is 4.21. The fourth-order valence-electron chi connectivity index (χ4n) is 2.28. The average Bonchev–Trinajstić information content (AvgIpc) is 3.32. The lowest BCUT2D eigenvalue weighted by Gasteiger charge is -2.05. The van der Waals surface area contributed by atoms with Crippen LogP contribution in [-0.2, 0) is 6.54 Å². The van der Waals surface area contributed by atoms with Crippen LogP contribution < -0.4 is 14.8 Å². The number of para-hydroxylation sites is 1. The van der Waals surface area contributed by atoms with Gasteiger partial charge in [-0.2, -0.15) is 0 Å². The van der Waals surface area contributed by atoms with Crippen molar-refractivity contribution in [2.75, 3.05) is 6.79 Å². The standard InChI is InChI=1S/C16H12N2O4S/c19-15(11-3-1-4-12-14(11)22-9-21-12)17-7-10-8-20-16(18-10)13-5-2-6-23-13/h1-6,8H,7,9H2,(H,17,19). The lowest BCUT2D eigenvalue weighted by molar-refractivity contribution is 0.0945. The van der Waals surface area contributed by atoms with Gasteiger partial charge in [-0.1, -0.05) is 12.1 Å². The second kappa shape index (κ2) is 5.77. The van der Waals surface area contributed by atoms with Crippen molar-refractivity contribution in [2.45, 2.75) is 6.54 Å². The number of nitrogens with one attached hydrogen (secondary N) is 1. The molecule has 1 amide bonds. The molecular weight excluding hydrogens is 316 g/mol. The molecule has 3 aromatic rings. The summed E-state index contributed by atoms with van der Waals surface area (Å²) >= 11 is 1.55. The molecule has 116 valence electrons. The monoisotopic (exact) mass is 328 g/mol. The second-order valence-corrected chi connectivity index (χ2v) is 5.79. The maximum atomic E-state index is 12.3. The van der Waals surface area contributed by atoms with E-state index in [0.29, 0.717) is 28.6 Å². The number of aromatic nitrogens is 1. The number of benzene rings is 1. The Hall–Kier alpha value is -2.80. The molecular formula is C16H12N2O4S. The zero-order valence-electron chi connectivity index (χ0n) is 11.9. The van der Waals surface area contributed by atoms with Gasteiger partial charge in [0.05, 0.1) is 22.7 Å². The molecule has 3 heterocycles. The van der Waals surface area contributed by atoms with E-state index in [-0.39, 0.29) is 19.2 Å². The van der Waals surface area contributed by atoms with Gasteiger partial charge in [0.15, 0.2) is 11.5 Å². The lowest BCUT2D eigenvalue weighted by Crippen LogP contribution is -2.23. The summed E-state index contributed by atoms with van der Waals surface area (Å²) in [6.07, 6.45) is 1.55. The van der Waals surface area contributed by atoms with E-state index in [1.807, 2.05) is 17.5 Å². The molecule has 0 aliphatic carbocycles. The summed E-state index contributed by atoms with van der Waals surface area (Å²) in [4.78, 5) is 17.6. The lowest BCUT2D eigenvalue weighted by atomic mass is 10.1. The summed E-state index contributed by atoms with van der Waals surface area (Å²) in [7, 11) is 0. The SMILES string of the molecule is O=C(NCc1coc(-c2cccs2)n1)c1cccc2c1OCO2. The van der Waals surface area contributed by atoms with E-state index in [1.165, 1.54) is 0 Å². The van der Waals surface area contributed by atoms with Gasteiger partial charge in [0.2, 0.25) is 12.7 Å². The molecule has 1 aromatic carbocycles. The summed E-state index contributed by atoms with van der Waals surface area (Å²) in [6, 6.07) is 9.09. The molecule has 1 aliphatic rings. The number of carbonyl (C=O) groups excluding carboxylic acids is 1. The van der Waals surface area contributed by atoms with Crippen molar-refractivity contribution in [2.24, 2.45) is 0 Å². The minimum absolute atomic E-state index is 0.132. The Balaban J connectivity index is 1.45. The number of hydrogen-bond acceptors (Lipinski definition) is 6. The van der Waals surface area contributed by atoms with Gasteiger partial charge in [-0.25, -0.2) is 4.98 Å². The van der Waals surface area contributed by atoms with Crippen molar-refractivity contribution in [3.63, 3.8) is 0 Å². The summed E-state index contributed by atoms with van der Waals surface area (Å²) in [5.41, 5.74) is 1.11. The summed E-state index contributed by atoms with van der Waals surface area (Å²) in [6.45, 7) is 0.408. The van der Waals surface area contributed by atoms with Crippen molar-refractivity contribution in [3.05, 3.63) is 53.2 Å². The van der Waals surface area contributed by atoms with Gasteiger partial charge in [0, 0.05) is 0 Å². The Morgan fingerprint density at radius 3 is 3.09 bits per heavy atom. The number of hydrogen-bond donors (Lipinski definition) is 1. The zero-order chi connectivity index (χ0) is 15.6. The van der Waals surface area contributed by atoms with E-state index in [9.17, 15) is 4.79 Å². The number of fused-ring (bicyclic) bond motifs is 1. The molecule has 23 heavy (non-hydrogen) atoms. The molecule has 7 heteroatoms. The number of oxazole rings is 1. The van der Waals surface area contributed by atoms with Gasteiger partial charge in [-0.3, -0.25) is 4.79 Å². The van der Waals surface area contributed by atoms with Gasteiger partial charge in [-0.05, 0) is 23.6 Å². The van der Waals surface area contributed by atoms with Gasteiger partial charge in [0.1, 0.15) is 6.26 Å². The molecule has 0 spiro atoms. The molecule has 6 nitrogen and oxygen atoms in total. The predicted molar refractivity (Wildman–Crippen MR) is 83.6 cm³/mol. The number of ether oxygens (including phenoxy) is 2. The maximum absolute atomic E-state index is 12.3. The molecule has 0 fully saturated rings. The van der Waals surface area contributed by atoms with E-state index < -0.39 is 0 Å². The van der Waals surface area contributed by atoms with Crippen molar-refractivity contribution in [1.29, 1.82) is 0 Å². The third-order valence-electron chi connectivity index (χ3n) is 3.35. The largest absolute Gasteiger partial charge is 0.454 e. The van der Waals surface area contributed by atoms with Gasteiger partial charge >= 0.3 is 0 Å². The molecule has 1 N–H and O–H groups in total. The highest BCUT2D eigenvalue weighted by atomic mass is 32.1. The minimum Gasteiger partial charge on any atom is -0.454 e. The molecule has 2 aromatic heterocycles. The Morgan fingerprint density at radius 1 is 1.26 bits per heavy atom. The zero-order valence-corrected chi connectivity index (χ0v) is 12.8. The van der Waals surface area contributed by atoms with Gasteiger partial charge in [-0.15, -0.1) is 11.3 Å².